The maximum atomic E-state index is 10.1. The van der Waals surface area contributed by atoms with E-state index < -0.39 is 6.10 Å². The van der Waals surface area contributed by atoms with Crippen LogP contribution in [-0.2, 0) is 6.42 Å². The van der Waals surface area contributed by atoms with Crippen molar-refractivity contribution in [2.24, 2.45) is 0 Å². The fraction of sp³-hybridized carbons (Fsp3) is 0.267. The van der Waals surface area contributed by atoms with Gasteiger partial charge >= 0.3 is 0 Å². The zero-order valence-corrected chi connectivity index (χ0v) is 10.4. The van der Waals surface area contributed by atoms with E-state index in [-0.39, 0.29) is 0 Å². The molecule has 1 N–H and O–H groups in total. The monoisotopic (exact) mass is 243 g/mol. The number of pyridine rings is 1. The van der Waals surface area contributed by atoms with Gasteiger partial charge in [0.05, 0.1) is 13.2 Å². The lowest BCUT2D eigenvalue weighted by atomic mass is 10.0. The van der Waals surface area contributed by atoms with Crippen LogP contribution in [0, 0.1) is 0 Å². The van der Waals surface area contributed by atoms with E-state index in [1.54, 1.807) is 13.3 Å². The minimum Gasteiger partial charge on any atom is -0.497 e. The SMILES string of the molecule is COc1ccc(C(O)CCc2cccnc2)cc1. The molecule has 0 spiro atoms. The molecule has 1 aromatic heterocycles. The first-order valence-corrected chi connectivity index (χ1v) is 6.00. The van der Waals surface area contributed by atoms with Gasteiger partial charge in [-0.15, -0.1) is 0 Å². The second-order valence-electron chi connectivity index (χ2n) is 4.19. The summed E-state index contributed by atoms with van der Waals surface area (Å²) in [5, 5.41) is 10.1. The molecular weight excluding hydrogens is 226 g/mol. The van der Waals surface area contributed by atoms with Crippen LogP contribution >= 0.6 is 0 Å². The Bertz CT molecular complexity index is 468. The lowest BCUT2D eigenvalue weighted by Crippen LogP contribution is -2.00. The molecule has 2 rings (SSSR count). The summed E-state index contributed by atoms with van der Waals surface area (Å²) < 4.78 is 5.09. The third-order valence-corrected chi connectivity index (χ3v) is 2.93. The van der Waals surface area contributed by atoms with E-state index >= 15 is 0 Å². The van der Waals surface area contributed by atoms with Gasteiger partial charge in [0.2, 0.25) is 0 Å². The van der Waals surface area contributed by atoms with Gasteiger partial charge in [-0.05, 0) is 42.2 Å². The van der Waals surface area contributed by atoms with Crippen LogP contribution in [0.15, 0.2) is 48.8 Å². The molecule has 0 saturated heterocycles. The van der Waals surface area contributed by atoms with E-state index in [0.717, 1.165) is 23.3 Å². The summed E-state index contributed by atoms with van der Waals surface area (Å²) in [4.78, 5) is 4.06. The minimum absolute atomic E-state index is 0.448. The van der Waals surface area contributed by atoms with Gasteiger partial charge in [-0.25, -0.2) is 0 Å². The first kappa shape index (κ1) is 12.6. The minimum atomic E-state index is -0.448. The van der Waals surface area contributed by atoms with Crippen molar-refractivity contribution in [3.8, 4) is 5.75 Å². The van der Waals surface area contributed by atoms with E-state index in [0.29, 0.717) is 6.42 Å². The number of rotatable bonds is 5. The van der Waals surface area contributed by atoms with Crippen LogP contribution < -0.4 is 4.74 Å². The molecule has 0 aliphatic carbocycles. The molecule has 1 atom stereocenters. The smallest absolute Gasteiger partial charge is 0.118 e. The molecule has 0 aliphatic heterocycles. The molecule has 1 heterocycles. The highest BCUT2D eigenvalue weighted by Crippen LogP contribution is 2.21. The van der Waals surface area contributed by atoms with Crippen molar-refractivity contribution in [2.45, 2.75) is 18.9 Å². The predicted molar refractivity (Wildman–Crippen MR) is 70.5 cm³/mol. The van der Waals surface area contributed by atoms with Gasteiger partial charge in [-0.1, -0.05) is 18.2 Å². The van der Waals surface area contributed by atoms with Crippen molar-refractivity contribution in [3.05, 3.63) is 59.9 Å². The van der Waals surface area contributed by atoms with Crippen molar-refractivity contribution in [1.29, 1.82) is 0 Å². The Labute approximate surface area is 107 Å². The molecule has 0 amide bonds. The largest absolute Gasteiger partial charge is 0.497 e. The third-order valence-electron chi connectivity index (χ3n) is 2.93. The molecule has 0 bridgehead atoms. The molecule has 1 aromatic carbocycles. The highest BCUT2D eigenvalue weighted by molar-refractivity contribution is 5.28. The van der Waals surface area contributed by atoms with Crippen molar-refractivity contribution in [2.75, 3.05) is 7.11 Å². The lowest BCUT2D eigenvalue weighted by molar-refractivity contribution is 0.167. The van der Waals surface area contributed by atoms with Crippen LogP contribution in [0.1, 0.15) is 23.7 Å². The van der Waals surface area contributed by atoms with Gasteiger partial charge < -0.3 is 9.84 Å². The molecule has 0 radical (unpaired) electrons. The Morgan fingerprint density at radius 3 is 2.61 bits per heavy atom. The first-order chi connectivity index (χ1) is 8.79. The number of benzene rings is 1. The number of ether oxygens (including phenoxy) is 1. The molecule has 0 aliphatic rings. The van der Waals surface area contributed by atoms with E-state index in [9.17, 15) is 5.11 Å². The summed E-state index contributed by atoms with van der Waals surface area (Å²) in [6.07, 6.45) is 4.65. The molecule has 0 fully saturated rings. The van der Waals surface area contributed by atoms with E-state index in [2.05, 4.69) is 4.98 Å². The van der Waals surface area contributed by atoms with Gasteiger partial charge in [-0.2, -0.15) is 0 Å². The molecule has 1 unspecified atom stereocenters. The molecule has 94 valence electrons. The third kappa shape index (κ3) is 3.31. The number of nitrogens with zero attached hydrogens (tertiary/aromatic N) is 1. The van der Waals surface area contributed by atoms with Gasteiger partial charge in [-0.3, -0.25) is 4.98 Å². The summed E-state index contributed by atoms with van der Waals surface area (Å²) in [5.74, 6) is 0.804. The fourth-order valence-corrected chi connectivity index (χ4v) is 1.84. The van der Waals surface area contributed by atoms with E-state index in [4.69, 9.17) is 4.74 Å². The van der Waals surface area contributed by atoms with Crippen LogP contribution in [-0.4, -0.2) is 17.2 Å². The highest BCUT2D eigenvalue weighted by Gasteiger charge is 2.07. The van der Waals surface area contributed by atoms with Crippen molar-refractivity contribution < 1.29 is 9.84 Å². The van der Waals surface area contributed by atoms with E-state index in [1.807, 2.05) is 42.6 Å². The van der Waals surface area contributed by atoms with E-state index in [1.165, 1.54) is 0 Å². The zero-order valence-electron chi connectivity index (χ0n) is 10.4. The Balaban J connectivity index is 1.93. The average molecular weight is 243 g/mol. The number of aliphatic hydroxyl groups is 1. The van der Waals surface area contributed by atoms with Crippen molar-refractivity contribution in [3.63, 3.8) is 0 Å². The fourth-order valence-electron chi connectivity index (χ4n) is 1.84. The van der Waals surface area contributed by atoms with Gasteiger partial charge in [0.25, 0.3) is 0 Å². The number of aliphatic hydroxyl groups excluding tert-OH is 1. The normalized spacial score (nSPS) is 12.1. The number of aryl methyl sites for hydroxylation is 1. The zero-order chi connectivity index (χ0) is 12.8. The Morgan fingerprint density at radius 1 is 1.22 bits per heavy atom. The van der Waals surface area contributed by atoms with Crippen LogP contribution in [0.2, 0.25) is 0 Å². The van der Waals surface area contributed by atoms with Crippen molar-refractivity contribution in [1.82, 2.24) is 4.98 Å². The molecule has 18 heavy (non-hydrogen) atoms. The topological polar surface area (TPSA) is 42.4 Å². The Kier molecular flexibility index (Phi) is 4.31. The maximum Gasteiger partial charge on any atom is 0.118 e. The number of aromatic nitrogens is 1. The van der Waals surface area contributed by atoms with Gasteiger partial charge in [0, 0.05) is 12.4 Å². The molecular formula is C15H17NO2. The second kappa shape index (κ2) is 6.17. The second-order valence-corrected chi connectivity index (χ2v) is 4.19. The van der Waals surface area contributed by atoms with Gasteiger partial charge in [0.15, 0.2) is 0 Å². The maximum absolute atomic E-state index is 10.1. The molecule has 3 nitrogen and oxygen atoms in total. The quantitative estimate of drug-likeness (QED) is 0.878. The van der Waals surface area contributed by atoms with Crippen LogP contribution in [0.5, 0.6) is 5.75 Å². The standard InChI is InChI=1S/C15H17NO2/c1-18-14-7-5-13(6-8-14)15(17)9-4-12-3-2-10-16-11-12/h2-3,5-8,10-11,15,17H,4,9H2,1H3. The number of hydrogen-bond acceptors (Lipinski definition) is 3. The Hall–Kier alpha value is -1.87. The molecule has 0 saturated carbocycles. The van der Waals surface area contributed by atoms with Crippen LogP contribution in [0.3, 0.4) is 0 Å². The van der Waals surface area contributed by atoms with Gasteiger partial charge in [0.1, 0.15) is 5.75 Å². The van der Waals surface area contributed by atoms with Crippen LogP contribution in [0.25, 0.3) is 0 Å². The first-order valence-electron chi connectivity index (χ1n) is 6.00. The average Bonchev–Trinajstić information content (AvgIpc) is 2.46. The summed E-state index contributed by atoms with van der Waals surface area (Å²) in [6, 6.07) is 11.5. The summed E-state index contributed by atoms with van der Waals surface area (Å²) in [5.41, 5.74) is 2.06. The molecule has 3 heteroatoms. The highest BCUT2D eigenvalue weighted by atomic mass is 16.5. The van der Waals surface area contributed by atoms with Crippen LogP contribution in [0.4, 0.5) is 0 Å². The predicted octanol–water partition coefficient (Wildman–Crippen LogP) is 2.76. The lowest BCUT2D eigenvalue weighted by Gasteiger charge is -2.11. The van der Waals surface area contributed by atoms with Crippen molar-refractivity contribution >= 4 is 0 Å². The summed E-state index contributed by atoms with van der Waals surface area (Å²) in [7, 11) is 1.63. The number of hydrogen-bond donors (Lipinski definition) is 1. The number of methoxy groups -OCH3 is 1. The molecule has 2 aromatic rings. The Morgan fingerprint density at radius 2 is 2.00 bits per heavy atom. The summed E-state index contributed by atoms with van der Waals surface area (Å²) in [6.45, 7) is 0. The summed E-state index contributed by atoms with van der Waals surface area (Å²) >= 11 is 0.